The van der Waals surface area contributed by atoms with E-state index in [0.29, 0.717) is 0 Å². The van der Waals surface area contributed by atoms with Gasteiger partial charge in [0.1, 0.15) is 0 Å². The molecule has 0 unspecified atom stereocenters. The van der Waals surface area contributed by atoms with Crippen LogP contribution in [0, 0.1) is 77.2 Å². The van der Waals surface area contributed by atoms with Crippen LogP contribution in [0.2, 0.25) is 0 Å². The van der Waals surface area contributed by atoms with Gasteiger partial charge in [-0.2, -0.15) is 0 Å². The summed E-state index contributed by atoms with van der Waals surface area (Å²) in [6, 6.07) is 0. The molecule has 0 spiro atoms. The van der Waals surface area contributed by atoms with Crippen molar-refractivity contribution in [2.24, 2.45) is 0 Å². The Labute approximate surface area is 125 Å². The minimum Gasteiger partial charge on any atom is -0.528 e. The molecular formula is C16H20Ti. The number of hydrogen-bond donors (Lipinski definition) is 0. The molecule has 10 radical (unpaired) electrons. The predicted molar refractivity (Wildman–Crippen MR) is 71.1 cm³/mol. The molecule has 0 aliphatic heterocycles. The molecular weight excluding hydrogens is 240 g/mol. The normalized spacial score (nSPS) is 16.9. The molecule has 0 nitrogen and oxygen atoms in total. The molecule has 1 heteroatoms. The molecule has 88 valence electrons. The van der Waals surface area contributed by atoms with Gasteiger partial charge in [0.15, 0.2) is 0 Å². The predicted octanol–water partition coefficient (Wildman–Crippen LogP) is 4.02. The topological polar surface area (TPSA) is 0 Å². The third-order valence-corrected chi connectivity index (χ3v) is 1.59. The van der Waals surface area contributed by atoms with E-state index in [2.05, 4.69) is 13.0 Å². The maximum Gasteiger partial charge on any atom is 2.00 e. The van der Waals surface area contributed by atoms with Crippen LogP contribution in [-0.2, 0) is 21.7 Å². The Balaban J connectivity index is 0. The van der Waals surface area contributed by atoms with Crippen LogP contribution in [-0.4, -0.2) is 0 Å². The molecule has 2 aliphatic carbocycles. The van der Waals surface area contributed by atoms with Crippen LogP contribution in [0.25, 0.3) is 0 Å². The summed E-state index contributed by atoms with van der Waals surface area (Å²) < 4.78 is 0. The molecule has 0 atom stereocenters. The van der Waals surface area contributed by atoms with Crippen LogP contribution in [0.5, 0.6) is 0 Å². The van der Waals surface area contributed by atoms with E-state index >= 15 is 0 Å². The Morgan fingerprint density at radius 3 is 1.06 bits per heavy atom. The zero-order valence-electron chi connectivity index (χ0n) is 10.7. The smallest absolute Gasteiger partial charge is 0.528 e. The van der Waals surface area contributed by atoms with Gasteiger partial charge in [-0.25, -0.2) is 0 Å². The Morgan fingerprint density at radius 2 is 1.00 bits per heavy atom. The number of allylic oxidation sites excluding steroid dienone is 2. The van der Waals surface area contributed by atoms with Crippen molar-refractivity contribution in [1.29, 1.82) is 0 Å². The van der Waals surface area contributed by atoms with E-state index in [1.165, 1.54) is 5.57 Å². The van der Waals surface area contributed by atoms with E-state index < -0.39 is 0 Å². The fraction of sp³-hybridized carbons (Fsp3) is 0.188. The second kappa shape index (κ2) is 16.5. The fourth-order valence-electron chi connectivity index (χ4n) is 0.892. The summed E-state index contributed by atoms with van der Waals surface area (Å²) >= 11 is 0. The van der Waals surface area contributed by atoms with E-state index in [4.69, 9.17) is 0 Å². The van der Waals surface area contributed by atoms with E-state index in [1.807, 2.05) is 78.1 Å². The average molecular weight is 260 g/mol. The molecule has 0 aromatic heterocycles. The molecule has 2 saturated carbocycles. The molecule has 17 heavy (non-hydrogen) atoms. The maximum atomic E-state index is 3.59. The van der Waals surface area contributed by atoms with Crippen molar-refractivity contribution in [2.75, 3.05) is 0 Å². The van der Waals surface area contributed by atoms with Crippen LogP contribution in [0.4, 0.5) is 0 Å². The molecule has 2 fully saturated rings. The van der Waals surface area contributed by atoms with Crippen molar-refractivity contribution in [1.82, 2.24) is 0 Å². The van der Waals surface area contributed by atoms with Gasteiger partial charge in [-0.1, -0.05) is 13.8 Å². The summed E-state index contributed by atoms with van der Waals surface area (Å²) in [6.07, 6.45) is 23.8. The van der Waals surface area contributed by atoms with E-state index in [9.17, 15) is 0 Å². The van der Waals surface area contributed by atoms with Gasteiger partial charge >= 0.3 is 21.7 Å². The average Bonchev–Trinajstić information content (AvgIpc) is 2.98. The third kappa shape index (κ3) is 19.0. The molecule has 0 N–H and O–H groups in total. The van der Waals surface area contributed by atoms with Crippen LogP contribution in [0.3, 0.4) is 0 Å². The minimum atomic E-state index is 0. The summed E-state index contributed by atoms with van der Waals surface area (Å²) in [4.78, 5) is 0. The summed E-state index contributed by atoms with van der Waals surface area (Å²) in [5.74, 6) is 0. The van der Waals surface area contributed by atoms with Crippen LogP contribution < -0.4 is 0 Å². The first-order valence-corrected chi connectivity index (χ1v) is 5.44. The summed E-state index contributed by atoms with van der Waals surface area (Å²) in [6.45, 7) is 7.63. The van der Waals surface area contributed by atoms with Crippen molar-refractivity contribution in [3.8, 4) is 0 Å². The van der Waals surface area contributed by atoms with Gasteiger partial charge in [-0.05, 0) is 64.2 Å². The number of hydrogen-bond acceptors (Lipinski definition) is 0. The van der Waals surface area contributed by atoms with Crippen LogP contribution in [0.15, 0.2) is 5.57 Å². The Kier molecular flexibility index (Phi) is 19.2. The minimum absolute atomic E-state index is 0. The van der Waals surface area contributed by atoms with Crippen molar-refractivity contribution < 1.29 is 21.7 Å². The Bertz CT molecular complexity index is 124. The quantitative estimate of drug-likeness (QED) is 0.493. The van der Waals surface area contributed by atoms with Crippen molar-refractivity contribution in [2.45, 2.75) is 20.3 Å². The molecule has 0 amide bonds. The SMILES string of the molecule is [CH2-]C[C-]=C(C)C.[CH]1[CH][CH][CH][CH]1.[CH]1[CH][CH][CH][CH]1.[Ti+2]. The van der Waals surface area contributed by atoms with Gasteiger partial charge in [0.2, 0.25) is 0 Å². The molecule has 2 aliphatic rings. The largest absolute Gasteiger partial charge is 2.00 e. The first kappa shape index (κ1) is 19.8. The summed E-state index contributed by atoms with van der Waals surface area (Å²) in [7, 11) is 0. The molecule has 0 saturated heterocycles. The maximum absolute atomic E-state index is 3.59. The zero-order valence-corrected chi connectivity index (χ0v) is 12.2. The Morgan fingerprint density at radius 1 is 0.765 bits per heavy atom. The summed E-state index contributed by atoms with van der Waals surface area (Å²) in [5, 5.41) is 0. The second-order valence-corrected chi connectivity index (χ2v) is 3.35. The molecule has 2 rings (SSSR count). The third-order valence-electron chi connectivity index (χ3n) is 1.59. The van der Waals surface area contributed by atoms with Crippen LogP contribution in [0.1, 0.15) is 20.3 Å². The number of rotatable bonds is 1. The van der Waals surface area contributed by atoms with Gasteiger partial charge in [0.25, 0.3) is 0 Å². The van der Waals surface area contributed by atoms with Crippen LogP contribution >= 0.6 is 0 Å². The molecule has 0 aromatic carbocycles. The van der Waals surface area contributed by atoms with E-state index in [1.54, 1.807) is 0 Å². The first-order valence-electron chi connectivity index (χ1n) is 5.44. The van der Waals surface area contributed by atoms with Crippen molar-refractivity contribution >= 4 is 0 Å². The monoisotopic (exact) mass is 260 g/mol. The standard InChI is InChI=1S/C6H10.2C5H5.Ti/c1-4-5-6(2)3;2*1-2-4-5-3-1;/h1,4H2,2-3H3;2*1-5H;/q-2;;;+2. The first-order chi connectivity index (χ1) is 7.77. The zero-order chi connectivity index (χ0) is 12.1. The van der Waals surface area contributed by atoms with Gasteiger partial charge in [-0.15, -0.1) is 0 Å². The second-order valence-electron chi connectivity index (χ2n) is 3.35. The van der Waals surface area contributed by atoms with Gasteiger partial charge in [-0.3, -0.25) is 5.57 Å². The van der Waals surface area contributed by atoms with E-state index in [0.717, 1.165) is 6.42 Å². The van der Waals surface area contributed by atoms with Crippen molar-refractivity contribution in [3.05, 3.63) is 82.8 Å². The fourth-order valence-corrected chi connectivity index (χ4v) is 0.892. The summed E-state index contributed by atoms with van der Waals surface area (Å²) in [5.41, 5.74) is 1.23. The van der Waals surface area contributed by atoms with Crippen molar-refractivity contribution in [3.63, 3.8) is 0 Å². The Hall–Kier alpha value is 0.454. The van der Waals surface area contributed by atoms with Gasteiger partial charge in [0.05, 0.1) is 0 Å². The molecule has 0 aromatic rings. The van der Waals surface area contributed by atoms with Gasteiger partial charge < -0.3 is 19.4 Å². The van der Waals surface area contributed by atoms with E-state index in [-0.39, 0.29) is 21.7 Å². The molecule has 0 heterocycles. The van der Waals surface area contributed by atoms with Gasteiger partial charge in [0, 0.05) is 0 Å². The molecule has 0 bridgehead atoms.